The Morgan fingerprint density at radius 3 is 2.75 bits per heavy atom. The topological polar surface area (TPSA) is 70.1 Å². The number of aliphatic hydroxyl groups excluding tert-OH is 1. The summed E-state index contributed by atoms with van der Waals surface area (Å²) in [5, 5.41) is 10.3. The summed E-state index contributed by atoms with van der Waals surface area (Å²) < 4.78 is 5.37. The number of hydrogen-bond acceptors (Lipinski definition) is 4. The maximum absolute atomic E-state index is 12.3. The first-order valence-electron chi connectivity index (χ1n) is 8.58. The summed E-state index contributed by atoms with van der Waals surface area (Å²) in [5.41, 5.74) is 0.936. The van der Waals surface area contributed by atoms with Crippen LogP contribution in [0, 0.1) is 0 Å². The highest BCUT2D eigenvalue weighted by atomic mass is 16.6. The van der Waals surface area contributed by atoms with E-state index in [1.807, 2.05) is 30.3 Å². The van der Waals surface area contributed by atoms with Crippen molar-refractivity contribution in [3.63, 3.8) is 0 Å². The fourth-order valence-corrected chi connectivity index (χ4v) is 3.38. The highest BCUT2D eigenvalue weighted by Crippen LogP contribution is 2.22. The maximum atomic E-state index is 12.3. The van der Waals surface area contributed by atoms with E-state index >= 15 is 0 Å². The maximum Gasteiger partial charge on any atom is 0.410 e. The summed E-state index contributed by atoms with van der Waals surface area (Å²) in [5.74, 6) is 0.0739. The number of rotatable bonds is 3. The summed E-state index contributed by atoms with van der Waals surface area (Å²) >= 11 is 0. The third kappa shape index (κ3) is 3.87. The van der Waals surface area contributed by atoms with Crippen LogP contribution in [0.2, 0.25) is 0 Å². The van der Waals surface area contributed by atoms with Gasteiger partial charge in [-0.1, -0.05) is 30.3 Å². The second-order valence-corrected chi connectivity index (χ2v) is 6.45. The van der Waals surface area contributed by atoms with Crippen LogP contribution in [0.3, 0.4) is 0 Å². The van der Waals surface area contributed by atoms with Gasteiger partial charge in [-0.25, -0.2) is 4.79 Å². The van der Waals surface area contributed by atoms with Crippen molar-refractivity contribution < 1.29 is 19.4 Å². The molecule has 0 aliphatic carbocycles. The number of benzene rings is 1. The van der Waals surface area contributed by atoms with Crippen molar-refractivity contribution >= 4 is 12.0 Å². The number of ether oxygens (including phenoxy) is 1. The monoisotopic (exact) mass is 332 g/mol. The summed E-state index contributed by atoms with van der Waals surface area (Å²) in [6.45, 7) is 1.67. The molecule has 0 spiro atoms. The Balaban J connectivity index is 1.58. The fourth-order valence-electron chi connectivity index (χ4n) is 3.38. The highest BCUT2D eigenvalue weighted by molar-refractivity contribution is 5.77. The molecule has 0 unspecified atom stereocenters. The van der Waals surface area contributed by atoms with Gasteiger partial charge in [0.2, 0.25) is 5.91 Å². The SMILES string of the molecule is O=C(OCc1ccccc1)N1CC[C@@H](O)[C@H](N2CCCCC2=O)C1. The molecule has 2 heterocycles. The van der Waals surface area contributed by atoms with E-state index in [9.17, 15) is 14.7 Å². The van der Waals surface area contributed by atoms with Crippen LogP contribution in [0.25, 0.3) is 0 Å². The van der Waals surface area contributed by atoms with E-state index < -0.39 is 6.10 Å². The standard InChI is InChI=1S/C18H24N2O4/c21-16-9-11-19(12-15(16)20-10-5-4-8-17(20)22)18(23)24-13-14-6-2-1-3-7-14/h1-3,6-7,15-16,21H,4-5,8-13H2/t15-,16-/m1/s1. The predicted octanol–water partition coefficient (Wildman–Crippen LogP) is 1.77. The Morgan fingerprint density at radius 2 is 2.00 bits per heavy atom. The van der Waals surface area contributed by atoms with Crippen molar-refractivity contribution in [3.05, 3.63) is 35.9 Å². The first kappa shape index (κ1) is 16.8. The van der Waals surface area contributed by atoms with Crippen molar-refractivity contribution in [1.82, 2.24) is 9.80 Å². The average Bonchev–Trinajstić information content (AvgIpc) is 2.62. The lowest BCUT2D eigenvalue weighted by Gasteiger charge is -2.43. The highest BCUT2D eigenvalue weighted by Gasteiger charge is 2.37. The van der Waals surface area contributed by atoms with Gasteiger partial charge in [0, 0.05) is 26.1 Å². The Hall–Kier alpha value is -2.08. The van der Waals surface area contributed by atoms with Crippen LogP contribution in [0.4, 0.5) is 4.79 Å². The number of piperidine rings is 2. The number of nitrogens with zero attached hydrogens (tertiary/aromatic N) is 2. The van der Waals surface area contributed by atoms with Crippen molar-refractivity contribution in [1.29, 1.82) is 0 Å². The molecule has 0 aromatic heterocycles. The van der Waals surface area contributed by atoms with Crippen LogP contribution < -0.4 is 0 Å². The van der Waals surface area contributed by atoms with E-state index in [-0.39, 0.29) is 24.6 Å². The number of likely N-dealkylation sites (tertiary alicyclic amines) is 2. The molecule has 2 aliphatic rings. The number of carbonyl (C=O) groups is 2. The largest absolute Gasteiger partial charge is 0.445 e. The first-order valence-corrected chi connectivity index (χ1v) is 8.58. The van der Waals surface area contributed by atoms with E-state index in [1.165, 1.54) is 0 Å². The molecule has 0 bridgehead atoms. The molecule has 2 atom stereocenters. The zero-order chi connectivity index (χ0) is 16.9. The van der Waals surface area contributed by atoms with E-state index in [2.05, 4.69) is 0 Å². The molecule has 2 amide bonds. The van der Waals surface area contributed by atoms with Crippen LogP contribution in [0.1, 0.15) is 31.2 Å². The van der Waals surface area contributed by atoms with Crippen LogP contribution >= 0.6 is 0 Å². The van der Waals surface area contributed by atoms with E-state index in [0.29, 0.717) is 32.5 Å². The predicted molar refractivity (Wildman–Crippen MR) is 88.2 cm³/mol. The molecule has 130 valence electrons. The zero-order valence-electron chi connectivity index (χ0n) is 13.8. The summed E-state index contributed by atoms with van der Waals surface area (Å²) in [4.78, 5) is 27.8. The van der Waals surface area contributed by atoms with Crippen molar-refractivity contribution in [2.45, 2.75) is 44.4 Å². The molecule has 0 saturated carbocycles. The molecule has 24 heavy (non-hydrogen) atoms. The van der Waals surface area contributed by atoms with E-state index in [1.54, 1.807) is 9.80 Å². The van der Waals surface area contributed by atoms with E-state index in [0.717, 1.165) is 18.4 Å². The molecule has 3 rings (SSSR count). The van der Waals surface area contributed by atoms with Gasteiger partial charge in [-0.3, -0.25) is 4.79 Å². The normalized spacial score (nSPS) is 24.8. The Morgan fingerprint density at radius 1 is 1.21 bits per heavy atom. The first-order chi connectivity index (χ1) is 11.6. The Labute approximate surface area is 142 Å². The van der Waals surface area contributed by atoms with Gasteiger partial charge in [-0.05, 0) is 24.8 Å². The molecular weight excluding hydrogens is 308 g/mol. The third-order valence-corrected chi connectivity index (χ3v) is 4.77. The van der Waals surface area contributed by atoms with Gasteiger partial charge in [0.05, 0.1) is 12.1 Å². The van der Waals surface area contributed by atoms with Gasteiger partial charge in [0.1, 0.15) is 6.61 Å². The lowest BCUT2D eigenvalue weighted by Crippen LogP contribution is -2.58. The molecule has 1 aromatic rings. The smallest absolute Gasteiger partial charge is 0.410 e. The molecule has 6 nitrogen and oxygen atoms in total. The zero-order valence-corrected chi connectivity index (χ0v) is 13.8. The van der Waals surface area contributed by atoms with E-state index in [4.69, 9.17) is 4.74 Å². The van der Waals surface area contributed by atoms with Crippen LogP contribution in [0.5, 0.6) is 0 Å². The lowest BCUT2D eigenvalue weighted by molar-refractivity contribution is -0.140. The van der Waals surface area contributed by atoms with Gasteiger partial charge >= 0.3 is 6.09 Å². The van der Waals surface area contributed by atoms with Gasteiger partial charge in [0.15, 0.2) is 0 Å². The fraction of sp³-hybridized carbons (Fsp3) is 0.556. The minimum Gasteiger partial charge on any atom is -0.445 e. The summed E-state index contributed by atoms with van der Waals surface area (Å²) in [7, 11) is 0. The van der Waals surface area contributed by atoms with Crippen molar-refractivity contribution in [3.8, 4) is 0 Å². The number of amides is 2. The number of aliphatic hydroxyl groups is 1. The number of hydrogen-bond donors (Lipinski definition) is 1. The molecule has 0 radical (unpaired) electrons. The van der Waals surface area contributed by atoms with Gasteiger partial charge < -0.3 is 19.6 Å². The van der Waals surface area contributed by atoms with Crippen molar-refractivity contribution in [2.75, 3.05) is 19.6 Å². The molecule has 1 N–H and O–H groups in total. The van der Waals surface area contributed by atoms with Crippen molar-refractivity contribution in [2.24, 2.45) is 0 Å². The second-order valence-electron chi connectivity index (χ2n) is 6.45. The summed E-state index contributed by atoms with van der Waals surface area (Å²) in [6.07, 6.45) is 1.88. The molecular formula is C18H24N2O4. The second kappa shape index (κ2) is 7.66. The van der Waals surface area contributed by atoms with Crippen LogP contribution in [-0.2, 0) is 16.1 Å². The van der Waals surface area contributed by atoms with Gasteiger partial charge in [-0.15, -0.1) is 0 Å². The lowest BCUT2D eigenvalue weighted by atomic mass is 9.98. The third-order valence-electron chi connectivity index (χ3n) is 4.77. The molecule has 1 aromatic carbocycles. The minimum absolute atomic E-state index is 0.0739. The Kier molecular flexibility index (Phi) is 5.35. The summed E-state index contributed by atoms with van der Waals surface area (Å²) in [6, 6.07) is 9.20. The van der Waals surface area contributed by atoms with Crippen LogP contribution in [0.15, 0.2) is 30.3 Å². The Bertz CT molecular complexity index is 578. The molecule has 2 saturated heterocycles. The van der Waals surface area contributed by atoms with Gasteiger partial charge in [-0.2, -0.15) is 0 Å². The van der Waals surface area contributed by atoms with Gasteiger partial charge in [0.25, 0.3) is 0 Å². The molecule has 2 fully saturated rings. The molecule has 6 heteroatoms. The van der Waals surface area contributed by atoms with Crippen LogP contribution in [-0.4, -0.2) is 58.7 Å². The number of carbonyl (C=O) groups excluding carboxylic acids is 2. The molecule has 2 aliphatic heterocycles. The quantitative estimate of drug-likeness (QED) is 0.916. The minimum atomic E-state index is -0.578. The average molecular weight is 332 g/mol.